The van der Waals surface area contributed by atoms with Crippen LogP contribution in [-0.4, -0.2) is 85.5 Å². The van der Waals surface area contributed by atoms with Gasteiger partial charge >= 0.3 is 0 Å². The molecule has 1 unspecified atom stereocenters. The molecule has 3 heterocycles. The fourth-order valence-corrected chi connectivity index (χ4v) is 15.3. The van der Waals surface area contributed by atoms with E-state index in [1.165, 1.54) is 56.9 Å². The standard InChI is InChI=1S/C41H66N6O3S/c1-28(2)30-11-14-41(27-43-18-8-19-46-21-23-51(49,50)24-22-46)16-15-39(6)31(34(30)41)9-10-33-38(5)17-20-47(36-44-25-29(26-45-36)35(42)48)37(3,4)32(38)12-13-40(33,39)7/h25-26,30-34,43H,1,8-24,27H2,2-7H3,(H2,42,48)/t30?,31-,32+,33-,34-,38+,39-,40-,41-/m1/s1. The molecule has 0 radical (unpaired) electrons. The van der Waals surface area contributed by atoms with Crippen molar-refractivity contribution in [2.45, 2.75) is 111 Å². The molecule has 6 fully saturated rings. The first kappa shape index (κ1) is 37.3. The third-order valence-electron chi connectivity index (χ3n) is 16.8. The lowest BCUT2D eigenvalue weighted by Gasteiger charge is -2.73. The molecule has 0 spiro atoms. The maximum absolute atomic E-state index is 11.9. The average molecular weight is 723 g/mol. The molecule has 0 bridgehead atoms. The summed E-state index contributed by atoms with van der Waals surface area (Å²) in [6, 6.07) is 0. The van der Waals surface area contributed by atoms with Crippen LogP contribution in [0.1, 0.15) is 116 Å². The molecule has 3 N–H and O–H groups in total. The van der Waals surface area contributed by atoms with Gasteiger partial charge in [0.15, 0.2) is 9.84 Å². The highest BCUT2D eigenvalue weighted by Crippen LogP contribution is 2.76. The molecule has 9 nitrogen and oxygen atoms in total. The van der Waals surface area contributed by atoms with Crippen LogP contribution in [0.3, 0.4) is 0 Å². The quantitative estimate of drug-likeness (QED) is 0.232. The zero-order valence-electron chi connectivity index (χ0n) is 32.5. The van der Waals surface area contributed by atoms with E-state index < -0.39 is 15.7 Å². The molecule has 1 aromatic heterocycles. The molecule has 1 amide bonds. The second-order valence-electron chi connectivity index (χ2n) is 19.3. The minimum Gasteiger partial charge on any atom is -0.366 e. The summed E-state index contributed by atoms with van der Waals surface area (Å²) in [7, 11) is -2.83. The molecule has 4 aliphatic carbocycles. The second kappa shape index (κ2) is 13.1. The van der Waals surface area contributed by atoms with E-state index in [-0.39, 0.29) is 11.0 Å². The van der Waals surface area contributed by atoms with Gasteiger partial charge in [-0.25, -0.2) is 18.4 Å². The van der Waals surface area contributed by atoms with Crippen molar-refractivity contribution in [2.24, 2.45) is 57.0 Å². The van der Waals surface area contributed by atoms with E-state index in [9.17, 15) is 13.2 Å². The monoisotopic (exact) mass is 722 g/mol. The number of aromatic nitrogens is 2. The molecule has 2 aliphatic heterocycles. The summed E-state index contributed by atoms with van der Waals surface area (Å²) < 4.78 is 23.7. The summed E-state index contributed by atoms with van der Waals surface area (Å²) in [5.41, 5.74) is 8.33. The van der Waals surface area contributed by atoms with Crippen molar-refractivity contribution in [3.8, 4) is 0 Å². The molecule has 1 aromatic rings. The van der Waals surface area contributed by atoms with Crippen molar-refractivity contribution in [1.82, 2.24) is 20.2 Å². The average Bonchev–Trinajstić information content (AvgIpc) is 3.45. The first-order valence-electron chi connectivity index (χ1n) is 20.2. The molecular weight excluding hydrogens is 657 g/mol. The van der Waals surface area contributed by atoms with Gasteiger partial charge in [-0.15, -0.1) is 0 Å². The van der Waals surface area contributed by atoms with Crippen molar-refractivity contribution in [2.75, 3.05) is 55.7 Å². The number of carbonyl (C=O) groups is 1. The minimum atomic E-state index is -2.83. The van der Waals surface area contributed by atoms with Crippen LogP contribution >= 0.6 is 0 Å². The number of sulfone groups is 1. The fourth-order valence-electron chi connectivity index (χ4n) is 14.0. The summed E-state index contributed by atoms with van der Waals surface area (Å²) in [6.45, 7) is 25.2. The van der Waals surface area contributed by atoms with E-state index in [0.717, 1.165) is 44.9 Å². The number of allylic oxidation sites excluding steroid dienone is 1. The largest absolute Gasteiger partial charge is 0.366 e. The van der Waals surface area contributed by atoms with E-state index in [1.807, 2.05) is 0 Å². The van der Waals surface area contributed by atoms with Gasteiger partial charge in [-0.05, 0) is 149 Å². The Morgan fingerprint density at radius 2 is 1.63 bits per heavy atom. The molecule has 284 valence electrons. The Balaban J connectivity index is 1.08. The van der Waals surface area contributed by atoms with Gasteiger partial charge in [0.2, 0.25) is 5.95 Å². The van der Waals surface area contributed by atoms with Crippen molar-refractivity contribution in [1.29, 1.82) is 0 Å². The Bertz CT molecular complexity index is 1600. The number of nitrogens with zero attached hydrogens (tertiary/aromatic N) is 4. The number of anilines is 1. The van der Waals surface area contributed by atoms with Crippen LogP contribution in [0, 0.1) is 51.2 Å². The lowest BCUT2D eigenvalue weighted by molar-refractivity contribution is -0.227. The van der Waals surface area contributed by atoms with Gasteiger partial charge in [-0.1, -0.05) is 32.9 Å². The normalized spacial score (nSPS) is 41.5. The number of hydrogen-bond donors (Lipinski definition) is 2. The number of piperidine rings is 1. The first-order chi connectivity index (χ1) is 24.0. The Hall–Kier alpha value is -2.04. The van der Waals surface area contributed by atoms with Crippen LogP contribution in [0.2, 0.25) is 0 Å². The van der Waals surface area contributed by atoms with Crippen molar-refractivity contribution in [3.63, 3.8) is 0 Å². The molecule has 10 heteroatoms. The number of fused-ring (bicyclic) bond motifs is 7. The number of nitrogens with one attached hydrogen (secondary N) is 1. The van der Waals surface area contributed by atoms with Gasteiger partial charge in [-0.3, -0.25) is 4.79 Å². The number of primary amides is 1. The zero-order chi connectivity index (χ0) is 36.6. The second-order valence-corrected chi connectivity index (χ2v) is 21.6. The predicted octanol–water partition coefficient (Wildman–Crippen LogP) is 6.11. The highest BCUT2D eigenvalue weighted by molar-refractivity contribution is 7.91. The topological polar surface area (TPSA) is 122 Å². The van der Waals surface area contributed by atoms with E-state index in [4.69, 9.17) is 5.73 Å². The van der Waals surface area contributed by atoms with E-state index in [0.29, 0.717) is 76.0 Å². The molecule has 4 saturated carbocycles. The first-order valence-corrected chi connectivity index (χ1v) is 22.0. The molecular formula is C41H66N6O3S. The zero-order valence-corrected chi connectivity index (χ0v) is 33.3. The lowest BCUT2D eigenvalue weighted by atomic mass is 9.33. The van der Waals surface area contributed by atoms with Crippen LogP contribution in [-0.2, 0) is 9.84 Å². The third-order valence-corrected chi connectivity index (χ3v) is 18.4. The molecule has 2 saturated heterocycles. The van der Waals surface area contributed by atoms with Crippen LogP contribution in [0.15, 0.2) is 24.5 Å². The summed E-state index contributed by atoms with van der Waals surface area (Å²) in [5.74, 6) is 4.09. The van der Waals surface area contributed by atoms with Gasteiger partial charge < -0.3 is 20.9 Å². The van der Waals surface area contributed by atoms with Crippen molar-refractivity contribution in [3.05, 3.63) is 30.1 Å². The number of carbonyl (C=O) groups excluding carboxylic acids is 1. The van der Waals surface area contributed by atoms with Gasteiger partial charge in [-0.2, -0.15) is 0 Å². The summed E-state index contributed by atoms with van der Waals surface area (Å²) in [5, 5.41) is 3.97. The maximum atomic E-state index is 11.9. The Morgan fingerprint density at radius 1 is 0.922 bits per heavy atom. The van der Waals surface area contributed by atoms with Gasteiger partial charge in [0.1, 0.15) is 0 Å². The Labute approximate surface area is 308 Å². The summed E-state index contributed by atoms with van der Waals surface area (Å²) in [4.78, 5) is 25.7. The molecule has 51 heavy (non-hydrogen) atoms. The van der Waals surface area contributed by atoms with E-state index >= 15 is 0 Å². The lowest BCUT2D eigenvalue weighted by Crippen LogP contribution is -2.70. The van der Waals surface area contributed by atoms with Crippen molar-refractivity contribution < 1.29 is 13.2 Å². The summed E-state index contributed by atoms with van der Waals surface area (Å²) >= 11 is 0. The highest BCUT2D eigenvalue weighted by Gasteiger charge is 2.70. The van der Waals surface area contributed by atoms with Crippen LogP contribution < -0.4 is 16.0 Å². The van der Waals surface area contributed by atoms with Crippen LogP contribution in [0.4, 0.5) is 5.95 Å². The Kier molecular flexibility index (Phi) is 9.55. The molecule has 0 aromatic carbocycles. The molecule has 6 aliphatic rings. The van der Waals surface area contributed by atoms with E-state index in [1.54, 1.807) is 12.4 Å². The number of rotatable bonds is 9. The number of nitrogens with two attached hydrogens (primary N) is 1. The number of hydrogen-bond acceptors (Lipinski definition) is 8. The number of amides is 1. The van der Waals surface area contributed by atoms with Crippen LogP contribution in [0.25, 0.3) is 0 Å². The van der Waals surface area contributed by atoms with Gasteiger partial charge in [0.05, 0.1) is 17.1 Å². The highest BCUT2D eigenvalue weighted by atomic mass is 32.2. The third kappa shape index (κ3) is 6.00. The maximum Gasteiger partial charge on any atom is 0.251 e. The SMILES string of the molecule is C=C(C)C1CC[C@]2(CNCCCN3CCS(=O)(=O)CC3)CC[C@]3(C)[C@H](CC[C@@H]4[C@@]5(C)CCN(c6ncc(C(N)=O)cn6)C(C)(C)[C@@H]5CC[C@]43C)[C@@H]12. The van der Waals surface area contributed by atoms with Crippen molar-refractivity contribution >= 4 is 21.7 Å². The van der Waals surface area contributed by atoms with Gasteiger partial charge in [0, 0.05) is 44.1 Å². The summed E-state index contributed by atoms with van der Waals surface area (Å²) in [6.07, 6.45) is 15.7. The van der Waals surface area contributed by atoms with Crippen LogP contribution in [0.5, 0.6) is 0 Å². The minimum absolute atomic E-state index is 0.101. The molecule has 7 rings (SSSR count). The smallest absolute Gasteiger partial charge is 0.251 e. The predicted molar refractivity (Wildman–Crippen MR) is 205 cm³/mol. The van der Waals surface area contributed by atoms with Gasteiger partial charge in [0.25, 0.3) is 5.91 Å². The fraction of sp³-hybridized carbons (Fsp3) is 0.829. The van der Waals surface area contributed by atoms with E-state index in [2.05, 4.69) is 73.2 Å². The molecule has 9 atom stereocenters. The Morgan fingerprint density at radius 3 is 2.29 bits per heavy atom.